The summed E-state index contributed by atoms with van der Waals surface area (Å²) in [7, 11) is 1.38. The van der Waals surface area contributed by atoms with E-state index in [1.54, 1.807) is 0 Å². The van der Waals surface area contributed by atoms with Gasteiger partial charge in [0.1, 0.15) is 11.6 Å². The van der Waals surface area contributed by atoms with Crippen molar-refractivity contribution in [2.45, 2.75) is 13.2 Å². The number of alkyl halides is 2. The van der Waals surface area contributed by atoms with Crippen LogP contribution in [0.15, 0.2) is 42.5 Å². The maximum Gasteiger partial charge on any atom is 0.387 e. The predicted molar refractivity (Wildman–Crippen MR) is 89.6 cm³/mol. The number of halogens is 4. The molecule has 0 heterocycles. The number of hydrogen-bond donors (Lipinski definition) is 1. The summed E-state index contributed by atoms with van der Waals surface area (Å²) in [5.74, 6) is -2.71. The van der Waals surface area contributed by atoms with Crippen LogP contribution in [0.3, 0.4) is 0 Å². The predicted octanol–water partition coefficient (Wildman–Crippen LogP) is 3.68. The lowest BCUT2D eigenvalue weighted by molar-refractivity contribution is -0.142. The lowest BCUT2D eigenvalue weighted by Gasteiger charge is -2.17. The van der Waals surface area contributed by atoms with Crippen LogP contribution in [0.4, 0.5) is 18.9 Å². The minimum absolute atomic E-state index is 0.0197. The van der Waals surface area contributed by atoms with Crippen molar-refractivity contribution in [3.05, 3.63) is 58.9 Å². The molecule has 2 amide bonds. The average molecular weight is 387 g/mol. The van der Waals surface area contributed by atoms with E-state index < -0.39 is 24.2 Å². The lowest BCUT2D eigenvalue weighted by atomic mass is 10.2. The normalized spacial score (nSPS) is 10.5. The van der Waals surface area contributed by atoms with Crippen molar-refractivity contribution >= 4 is 29.1 Å². The molecule has 0 aliphatic rings. The molecule has 0 fully saturated rings. The highest BCUT2D eigenvalue weighted by Crippen LogP contribution is 2.19. The van der Waals surface area contributed by atoms with Crippen LogP contribution in [-0.2, 0) is 16.1 Å². The molecule has 1 N–H and O–H groups in total. The largest absolute Gasteiger partial charge is 0.435 e. The topological polar surface area (TPSA) is 58.6 Å². The summed E-state index contributed by atoms with van der Waals surface area (Å²) >= 11 is 5.62. The van der Waals surface area contributed by atoms with Crippen LogP contribution in [-0.4, -0.2) is 30.4 Å². The third kappa shape index (κ3) is 5.38. The van der Waals surface area contributed by atoms with Gasteiger partial charge in [-0.25, -0.2) is 4.39 Å². The van der Waals surface area contributed by atoms with Crippen LogP contribution >= 0.6 is 11.6 Å². The summed E-state index contributed by atoms with van der Waals surface area (Å²) in [4.78, 5) is 25.1. The highest BCUT2D eigenvalue weighted by molar-refractivity contribution is 6.39. The van der Waals surface area contributed by atoms with Gasteiger partial charge in [0.25, 0.3) is 0 Å². The quantitative estimate of drug-likeness (QED) is 0.797. The Labute approximate surface area is 152 Å². The fraction of sp³-hybridized carbons (Fsp3) is 0.176. The average Bonchev–Trinajstić information content (AvgIpc) is 2.57. The van der Waals surface area contributed by atoms with Crippen LogP contribution < -0.4 is 10.1 Å². The van der Waals surface area contributed by atoms with Crippen LogP contribution in [0, 0.1) is 5.82 Å². The van der Waals surface area contributed by atoms with E-state index in [9.17, 15) is 22.8 Å². The van der Waals surface area contributed by atoms with Crippen molar-refractivity contribution in [2.75, 3.05) is 12.4 Å². The molecule has 5 nitrogen and oxygen atoms in total. The van der Waals surface area contributed by atoms with E-state index in [2.05, 4.69) is 10.1 Å². The SMILES string of the molecule is CN(Cc1ccc(OC(F)F)cc1)C(=O)C(=O)Nc1ccc(Cl)cc1F. The number of anilines is 1. The molecule has 0 aliphatic heterocycles. The first-order chi connectivity index (χ1) is 12.3. The maximum atomic E-state index is 13.7. The first-order valence-electron chi connectivity index (χ1n) is 7.31. The molecule has 9 heteroatoms. The molecular weight excluding hydrogens is 373 g/mol. The van der Waals surface area contributed by atoms with Gasteiger partial charge in [-0.2, -0.15) is 8.78 Å². The molecule has 26 heavy (non-hydrogen) atoms. The van der Waals surface area contributed by atoms with Crippen LogP contribution in [0.1, 0.15) is 5.56 Å². The van der Waals surface area contributed by atoms with Crippen LogP contribution in [0.25, 0.3) is 0 Å². The Morgan fingerprint density at radius 1 is 1.19 bits per heavy atom. The van der Waals surface area contributed by atoms with Crippen molar-refractivity contribution in [1.82, 2.24) is 4.90 Å². The van der Waals surface area contributed by atoms with E-state index >= 15 is 0 Å². The van der Waals surface area contributed by atoms with Gasteiger partial charge in [-0.3, -0.25) is 9.59 Å². The standard InChI is InChI=1S/C17H14ClF3N2O3/c1-23(9-10-2-5-12(6-3-10)26-17(20)21)16(25)15(24)22-14-7-4-11(18)8-13(14)19/h2-8,17H,9H2,1H3,(H,22,24). The molecule has 2 rings (SSSR count). The number of nitrogens with one attached hydrogen (secondary N) is 1. The number of amides is 2. The third-order valence-corrected chi connectivity index (χ3v) is 3.52. The van der Waals surface area contributed by atoms with Crippen LogP contribution in [0.2, 0.25) is 5.02 Å². The highest BCUT2D eigenvalue weighted by Gasteiger charge is 2.20. The number of carbonyl (C=O) groups excluding carboxylic acids is 2. The van der Waals surface area contributed by atoms with Gasteiger partial charge < -0.3 is 15.0 Å². The lowest BCUT2D eigenvalue weighted by Crippen LogP contribution is -2.36. The summed E-state index contributed by atoms with van der Waals surface area (Å²) in [5, 5.41) is 2.32. The van der Waals surface area contributed by atoms with E-state index in [-0.39, 0.29) is 23.0 Å². The summed E-state index contributed by atoms with van der Waals surface area (Å²) in [6.07, 6.45) is 0. The van der Waals surface area contributed by atoms with E-state index in [1.807, 2.05) is 0 Å². The number of hydrogen-bond acceptors (Lipinski definition) is 3. The minimum atomic E-state index is -2.93. The van der Waals surface area contributed by atoms with Crippen molar-refractivity contribution in [1.29, 1.82) is 0 Å². The summed E-state index contributed by atoms with van der Waals surface area (Å²) in [5.41, 5.74) is 0.419. The smallest absolute Gasteiger partial charge is 0.387 e. The van der Waals surface area contributed by atoms with Crippen molar-refractivity contribution < 1.29 is 27.5 Å². The number of nitrogens with zero attached hydrogens (tertiary/aromatic N) is 1. The van der Waals surface area contributed by atoms with Gasteiger partial charge in [0.15, 0.2) is 0 Å². The second kappa shape index (κ2) is 8.57. The Hall–Kier alpha value is -2.74. The highest BCUT2D eigenvalue weighted by atomic mass is 35.5. The van der Waals surface area contributed by atoms with E-state index in [0.29, 0.717) is 5.56 Å². The second-order valence-electron chi connectivity index (χ2n) is 5.26. The maximum absolute atomic E-state index is 13.7. The Balaban J connectivity index is 1.96. The van der Waals surface area contributed by atoms with Gasteiger partial charge in [0, 0.05) is 18.6 Å². The molecule has 0 radical (unpaired) electrons. The molecule has 0 aliphatic carbocycles. The minimum Gasteiger partial charge on any atom is -0.435 e. The van der Waals surface area contributed by atoms with Crippen molar-refractivity contribution in [3.8, 4) is 5.75 Å². The number of rotatable bonds is 5. The summed E-state index contributed by atoms with van der Waals surface area (Å²) in [6.45, 7) is -2.88. The van der Waals surface area contributed by atoms with Gasteiger partial charge in [0.2, 0.25) is 0 Å². The summed E-state index contributed by atoms with van der Waals surface area (Å²) < 4.78 is 42.1. The van der Waals surface area contributed by atoms with Crippen LogP contribution in [0.5, 0.6) is 5.75 Å². The molecule has 0 aromatic heterocycles. The second-order valence-corrected chi connectivity index (χ2v) is 5.70. The van der Waals surface area contributed by atoms with Crippen molar-refractivity contribution in [2.24, 2.45) is 0 Å². The van der Waals surface area contributed by atoms with Gasteiger partial charge in [-0.15, -0.1) is 0 Å². The molecule has 0 unspecified atom stereocenters. The number of likely N-dealkylation sites (N-methyl/N-ethyl adjacent to an activating group) is 1. The zero-order valence-corrected chi connectivity index (χ0v) is 14.3. The molecule has 0 saturated heterocycles. The fourth-order valence-corrected chi connectivity index (χ4v) is 2.22. The molecule has 0 bridgehead atoms. The van der Waals surface area contributed by atoms with E-state index in [0.717, 1.165) is 11.0 Å². The third-order valence-electron chi connectivity index (χ3n) is 3.29. The number of benzene rings is 2. The molecule has 138 valence electrons. The van der Waals surface area contributed by atoms with Gasteiger partial charge in [0.05, 0.1) is 5.69 Å². The Morgan fingerprint density at radius 3 is 2.42 bits per heavy atom. The molecule has 2 aromatic carbocycles. The molecule has 0 saturated carbocycles. The number of ether oxygens (including phenoxy) is 1. The van der Waals surface area contributed by atoms with Gasteiger partial charge >= 0.3 is 18.4 Å². The van der Waals surface area contributed by atoms with Gasteiger partial charge in [-0.05, 0) is 35.9 Å². The van der Waals surface area contributed by atoms with Crippen molar-refractivity contribution in [3.63, 3.8) is 0 Å². The molecule has 0 spiro atoms. The zero-order valence-electron chi connectivity index (χ0n) is 13.5. The Bertz CT molecular complexity index is 800. The Kier molecular flexibility index (Phi) is 6.46. The summed E-state index contributed by atoms with van der Waals surface area (Å²) in [6, 6.07) is 9.24. The first kappa shape index (κ1) is 19.6. The first-order valence-corrected chi connectivity index (χ1v) is 7.69. The number of carbonyl (C=O) groups is 2. The zero-order chi connectivity index (χ0) is 19.3. The molecular formula is C17H14ClF3N2O3. The van der Waals surface area contributed by atoms with E-state index in [4.69, 9.17) is 11.6 Å². The monoisotopic (exact) mass is 386 g/mol. The fourth-order valence-electron chi connectivity index (χ4n) is 2.06. The molecule has 0 atom stereocenters. The van der Waals surface area contributed by atoms with Gasteiger partial charge in [-0.1, -0.05) is 23.7 Å². The van der Waals surface area contributed by atoms with E-state index in [1.165, 1.54) is 43.4 Å². The molecule has 2 aromatic rings. The Morgan fingerprint density at radius 2 is 1.85 bits per heavy atom.